The van der Waals surface area contributed by atoms with Crippen molar-refractivity contribution in [2.24, 2.45) is 5.92 Å². The number of nitrogens with one attached hydrogen (secondary N) is 1. The summed E-state index contributed by atoms with van der Waals surface area (Å²) in [6.07, 6.45) is 0.894. The van der Waals surface area contributed by atoms with Crippen LogP contribution in [0.5, 0.6) is 0 Å². The molecule has 1 heterocycles. The quantitative estimate of drug-likeness (QED) is 0.895. The number of amides is 1. The van der Waals surface area contributed by atoms with E-state index in [2.05, 4.69) is 5.32 Å². The van der Waals surface area contributed by atoms with E-state index in [-0.39, 0.29) is 29.5 Å². The first kappa shape index (κ1) is 15.2. The Morgan fingerprint density at radius 3 is 3.00 bits per heavy atom. The molecule has 1 saturated heterocycles. The standard InChI is InChI=1S/C14H18ClFN2O2/c1-9(18-5-4-10(7-18)8-19)14(20)17-13-3-2-11(16)6-12(13)15/h2-3,6,9-10,19H,4-5,7-8H2,1H3,(H,17,20). The lowest BCUT2D eigenvalue weighted by Crippen LogP contribution is -2.40. The van der Waals surface area contributed by atoms with Crippen molar-refractivity contribution in [2.45, 2.75) is 19.4 Å². The molecule has 1 aromatic carbocycles. The van der Waals surface area contributed by atoms with E-state index in [9.17, 15) is 9.18 Å². The van der Waals surface area contributed by atoms with Crippen LogP contribution in [-0.4, -0.2) is 41.7 Å². The molecular formula is C14H18ClFN2O2. The van der Waals surface area contributed by atoms with Gasteiger partial charge in [0.1, 0.15) is 5.82 Å². The fourth-order valence-corrected chi connectivity index (χ4v) is 2.57. The molecule has 1 aliphatic heterocycles. The first-order valence-electron chi connectivity index (χ1n) is 6.62. The average Bonchev–Trinajstić information content (AvgIpc) is 2.89. The lowest BCUT2D eigenvalue weighted by Gasteiger charge is -2.23. The second-order valence-corrected chi connectivity index (χ2v) is 5.53. The zero-order valence-corrected chi connectivity index (χ0v) is 12.0. The predicted octanol–water partition coefficient (Wildman–Crippen LogP) is 2.12. The minimum Gasteiger partial charge on any atom is -0.396 e. The molecule has 1 fully saturated rings. The van der Waals surface area contributed by atoms with Crippen LogP contribution in [0.2, 0.25) is 5.02 Å². The van der Waals surface area contributed by atoms with E-state index in [0.717, 1.165) is 13.0 Å². The normalized spacial score (nSPS) is 20.9. The Morgan fingerprint density at radius 1 is 1.65 bits per heavy atom. The molecule has 110 valence electrons. The fraction of sp³-hybridized carbons (Fsp3) is 0.500. The fourth-order valence-electron chi connectivity index (χ4n) is 2.36. The van der Waals surface area contributed by atoms with Gasteiger partial charge in [-0.1, -0.05) is 11.6 Å². The smallest absolute Gasteiger partial charge is 0.241 e. The molecule has 0 spiro atoms. The summed E-state index contributed by atoms with van der Waals surface area (Å²) in [5.41, 5.74) is 0.405. The van der Waals surface area contributed by atoms with Gasteiger partial charge in [0.2, 0.25) is 5.91 Å². The van der Waals surface area contributed by atoms with Gasteiger partial charge >= 0.3 is 0 Å². The molecule has 0 saturated carbocycles. The number of carbonyl (C=O) groups is 1. The topological polar surface area (TPSA) is 52.6 Å². The molecule has 2 atom stereocenters. The van der Waals surface area contributed by atoms with Gasteiger partial charge in [-0.25, -0.2) is 4.39 Å². The van der Waals surface area contributed by atoms with Crippen LogP contribution >= 0.6 is 11.6 Å². The SMILES string of the molecule is CC(C(=O)Nc1ccc(F)cc1Cl)N1CCC(CO)C1. The van der Waals surface area contributed by atoms with E-state index in [1.165, 1.54) is 18.2 Å². The molecule has 4 nitrogen and oxygen atoms in total. The summed E-state index contributed by atoms with van der Waals surface area (Å²) >= 11 is 5.88. The number of carbonyl (C=O) groups excluding carboxylic acids is 1. The lowest BCUT2D eigenvalue weighted by atomic mass is 10.1. The average molecular weight is 301 g/mol. The van der Waals surface area contributed by atoms with Gasteiger partial charge in [-0.15, -0.1) is 0 Å². The number of benzene rings is 1. The van der Waals surface area contributed by atoms with Crippen molar-refractivity contribution in [1.82, 2.24) is 4.90 Å². The van der Waals surface area contributed by atoms with Crippen molar-refractivity contribution >= 4 is 23.2 Å². The molecule has 1 aliphatic rings. The van der Waals surface area contributed by atoms with Crippen molar-refractivity contribution in [1.29, 1.82) is 0 Å². The molecule has 2 unspecified atom stereocenters. The first-order valence-corrected chi connectivity index (χ1v) is 7.00. The van der Waals surface area contributed by atoms with Crippen LogP contribution in [0.25, 0.3) is 0 Å². The predicted molar refractivity (Wildman–Crippen MR) is 76.3 cm³/mol. The van der Waals surface area contributed by atoms with Crippen LogP contribution in [0.15, 0.2) is 18.2 Å². The Kier molecular flexibility index (Phi) is 4.96. The van der Waals surface area contributed by atoms with Crippen molar-refractivity contribution in [3.8, 4) is 0 Å². The third kappa shape index (κ3) is 3.48. The maximum atomic E-state index is 12.9. The number of nitrogens with zero attached hydrogens (tertiary/aromatic N) is 1. The molecule has 20 heavy (non-hydrogen) atoms. The summed E-state index contributed by atoms with van der Waals surface area (Å²) in [6.45, 7) is 3.46. The van der Waals surface area contributed by atoms with Crippen LogP contribution in [0.4, 0.5) is 10.1 Å². The van der Waals surface area contributed by atoms with E-state index in [1.807, 2.05) is 11.8 Å². The first-order chi connectivity index (χ1) is 9.51. The highest BCUT2D eigenvalue weighted by Crippen LogP contribution is 2.24. The molecule has 2 rings (SSSR count). The summed E-state index contributed by atoms with van der Waals surface area (Å²) < 4.78 is 12.9. The Balaban J connectivity index is 1.97. The van der Waals surface area contributed by atoms with Gasteiger partial charge in [-0.3, -0.25) is 9.69 Å². The minimum atomic E-state index is -0.439. The van der Waals surface area contributed by atoms with Crippen LogP contribution in [-0.2, 0) is 4.79 Å². The number of halogens is 2. The molecule has 0 bridgehead atoms. The second-order valence-electron chi connectivity index (χ2n) is 5.12. The summed E-state index contributed by atoms with van der Waals surface area (Å²) in [5.74, 6) is -0.386. The molecule has 6 heteroatoms. The lowest BCUT2D eigenvalue weighted by molar-refractivity contribution is -0.120. The van der Waals surface area contributed by atoms with E-state index in [4.69, 9.17) is 16.7 Å². The zero-order valence-electron chi connectivity index (χ0n) is 11.3. The van der Waals surface area contributed by atoms with Crippen molar-refractivity contribution < 1.29 is 14.3 Å². The minimum absolute atomic E-state index is 0.147. The van der Waals surface area contributed by atoms with Gasteiger partial charge in [0, 0.05) is 13.2 Å². The van der Waals surface area contributed by atoms with Gasteiger partial charge in [0.15, 0.2) is 0 Å². The Bertz CT molecular complexity index is 498. The van der Waals surface area contributed by atoms with Gasteiger partial charge in [-0.2, -0.15) is 0 Å². The highest BCUT2D eigenvalue weighted by Gasteiger charge is 2.29. The Labute approximate surface area is 122 Å². The maximum Gasteiger partial charge on any atom is 0.241 e. The summed E-state index contributed by atoms with van der Waals surface area (Å²) in [5, 5.41) is 12.0. The number of hydrogen-bond acceptors (Lipinski definition) is 3. The molecule has 0 aromatic heterocycles. The highest BCUT2D eigenvalue weighted by molar-refractivity contribution is 6.33. The van der Waals surface area contributed by atoms with E-state index in [0.29, 0.717) is 12.2 Å². The number of anilines is 1. The number of hydrogen-bond donors (Lipinski definition) is 2. The van der Waals surface area contributed by atoms with E-state index >= 15 is 0 Å². The summed E-state index contributed by atoms with van der Waals surface area (Å²) in [4.78, 5) is 14.2. The molecule has 0 radical (unpaired) electrons. The monoisotopic (exact) mass is 300 g/mol. The van der Waals surface area contributed by atoms with Crippen molar-refractivity contribution in [3.63, 3.8) is 0 Å². The van der Waals surface area contributed by atoms with Crippen LogP contribution < -0.4 is 5.32 Å². The Morgan fingerprint density at radius 2 is 2.40 bits per heavy atom. The molecule has 0 aliphatic carbocycles. The molecular weight excluding hydrogens is 283 g/mol. The summed E-state index contributed by atoms with van der Waals surface area (Å²) in [7, 11) is 0. The third-order valence-corrected chi connectivity index (χ3v) is 4.00. The number of aliphatic hydroxyl groups is 1. The third-order valence-electron chi connectivity index (χ3n) is 3.69. The molecule has 1 amide bonds. The second kappa shape index (κ2) is 6.52. The summed E-state index contributed by atoms with van der Waals surface area (Å²) in [6, 6.07) is 3.55. The van der Waals surface area contributed by atoms with Gasteiger partial charge in [0.05, 0.1) is 16.8 Å². The van der Waals surface area contributed by atoms with E-state index < -0.39 is 5.82 Å². The zero-order chi connectivity index (χ0) is 14.7. The van der Waals surface area contributed by atoms with Crippen molar-refractivity contribution in [2.75, 3.05) is 25.0 Å². The van der Waals surface area contributed by atoms with Gasteiger partial charge in [0.25, 0.3) is 0 Å². The van der Waals surface area contributed by atoms with Crippen molar-refractivity contribution in [3.05, 3.63) is 29.0 Å². The van der Waals surface area contributed by atoms with E-state index in [1.54, 1.807) is 0 Å². The van der Waals surface area contributed by atoms with Crippen LogP contribution in [0, 0.1) is 11.7 Å². The van der Waals surface area contributed by atoms with Gasteiger partial charge < -0.3 is 10.4 Å². The number of likely N-dealkylation sites (tertiary alicyclic amines) is 1. The maximum absolute atomic E-state index is 12.9. The molecule has 2 N–H and O–H groups in total. The molecule has 1 aromatic rings. The van der Waals surface area contributed by atoms with Gasteiger partial charge in [-0.05, 0) is 44.0 Å². The largest absolute Gasteiger partial charge is 0.396 e. The Hall–Kier alpha value is -1.17. The number of rotatable bonds is 4. The number of aliphatic hydroxyl groups excluding tert-OH is 1. The van der Waals surface area contributed by atoms with Crippen LogP contribution in [0.3, 0.4) is 0 Å². The van der Waals surface area contributed by atoms with Crippen LogP contribution in [0.1, 0.15) is 13.3 Å². The highest BCUT2D eigenvalue weighted by atomic mass is 35.5.